The Morgan fingerprint density at radius 3 is 1.95 bits per heavy atom. The van der Waals surface area contributed by atoms with Crippen molar-refractivity contribution in [2.75, 3.05) is 0 Å². The van der Waals surface area contributed by atoms with Gasteiger partial charge in [-0.05, 0) is 62.1 Å². The number of hydrogen-bond acceptors (Lipinski definition) is 3. The van der Waals surface area contributed by atoms with Crippen LogP contribution in [0.25, 0.3) is 114 Å². The smallest absolute Gasteiger partial charge is 0.235 e. The minimum Gasteiger partial charge on any atom is -0.277 e. The van der Waals surface area contributed by atoms with E-state index in [4.69, 9.17) is 9.97 Å². The Bertz CT molecular complexity index is 3610. The first-order valence-electron chi connectivity index (χ1n) is 18.9. The number of hydrogen-bond donors (Lipinski definition) is 0. The van der Waals surface area contributed by atoms with E-state index in [2.05, 4.69) is 168 Å². The molecule has 4 heteroatoms. The second kappa shape index (κ2) is 10.8. The van der Waals surface area contributed by atoms with Gasteiger partial charge in [0.1, 0.15) is 0 Å². The number of aromatic nitrogens is 3. The summed E-state index contributed by atoms with van der Waals surface area (Å²) in [5.41, 5.74) is 9.07. The second-order valence-corrected chi connectivity index (χ2v) is 15.9. The molecular formula is C51H29N3S. The highest BCUT2D eigenvalue weighted by atomic mass is 32.1. The molecule has 12 aromatic rings. The molecule has 0 aliphatic heterocycles. The standard InChI is InChI=1S/C51H29N3S/c1-4-14-33-29(11-1)21-23-40-47-43(25-24-39-36-17-6-5-15-34(36)35-16-7-8-19-38(35)46(39)47)54(50(33)40)51-52-48(42-27-30-12-2-3-13-32(30)49(42)53-51)31-22-26-45-41(28-31)37-18-9-10-20-44(37)55-45/h1-26,28H,27H2. The first kappa shape index (κ1) is 29.6. The summed E-state index contributed by atoms with van der Waals surface area (Å²) in [7, 11) is 0. The normalized spacial score (nSPS) is 12.7. The molecule has 0 saturated carbocycles. The molecule has 3 nitrogen and oxygen atoms in total. The minimum atomic E-state index is 0.696. The van der Waals surface area contributed by atoms with Crippen LogP contribution in [0.2, 0.25) is 0 Å². The van der Waals surface area contributed by atoms with Crippen molar-refractivity contribution in [3.05, 3.63) is 175 Å². The zero-order valence-electron chi connectivity index (χ0n) is 29.5. The molecule has 0 amide bonds. The largest absolute Gasteiger partial charge is 0.277 e. The molecule has 3 heterocycles. The summed E-state index contributed by atoms with van der Waals surface area (Å²) in [5, 5.41) is 15.0. The van der Waals surface area contributed by atoms with Crippen LogP contribution in [0.5, 0.6) is 0 Å². The zero-order valence-corrected chi connectivity index (χ0v) is 30.4. The lowest BCUT2D eigenvalue weighted by Crippen LogP contribution is -2.06. The van der Waals surface area contributed by atoms with Gasteiger partial charge in [-0.25, -0.2) is 9.97 Å². The molecule has 0 bridgehead atoms. The average molecular weight is 716 g/mol. The number of benzene rings is 9. The van der Waals surface area contributed by atoms with Crippen LogP contribution in [-0.4, -0.2) is 14.5 Å². The predicted molar refractivity (Wildman–Crippen MR) is 233 cm³/mol. The molecule has 0 fully saturated rings. The Morgan fingerprint density at radius 2 is 1.09 bits per heavy atom. The SMILES string of the molecule is c1ccc2c(c1)Cc1c(-c3ccc4sc5ccccc5c4c3)nc(-n3c4ccc5c6ccccc6c6ccccc6c5c4c4ccc5ccccc5c43)nc1-2. The van der Waals surface area contributed by atoms with Crippen molar-refractivity contribution in [2.45, 2.75) is 6.42 Å². The van der Waals surface area contributed by atoms with Crippen LogP contribution in [0.3, 0.4) is 0 Å². The third-order valence-electron chi connectivity index (χ3n) is 12.0. The van der Waals surface area contributed by atoms with Crippen LogP contribution in [0, 0.1) is 0 Å². The molecule has 0 radical (unpaired) electrons. The van der Waals surface area contributed by atoms with E-state index >= 15 is 0 Å². The molecule has 3 aromatic heterocycles. The molecule has 0 N–H and O–H groups in total. The van der Waals surface area contributed by atoms with Gasteiger partial charge >= 0.3 is 0 Å². The highest BCUT2D eigenvalue weighted by molar-refractivity contribution is 7.25. The highest BCUT2D eigenvalue weighted by Crippen LogP contribution is 2.47. The summed E-state index contributed by atoms with van der Waals surface area (Å²) < 4.78 is 4.96. The van der Waals surface area contributed by atoms with Gasteiger partial charge in [0.25, 0.3) is 0 Å². The summed E-state index contributed by atoms with van der Waals surface area (Å²) in [6, 6.07) is 60.1. The number of nitrogens with zero attached hydrogens (tertiary/aromatic N) is 3. The summed E-state index contributed by atoms with van der Waals surface area (Å²) in [5.74, 6) is 0.696. The molecule has 9 aromatic carbocycles. The number of rotatable bonds is 2. The fourth-order valence-corrected chi connectivity index (χ4v) is 10.7. The molecule has 0 unspecified atom stereocenters. The van der Waals surface area contributed by atoms with Gasteiger partial charge in [-0.15, -0.1) is 11.3 Å². The van der Waals surface area contributed by atoms with E-state index in [1.54, 1.807) is 0 Å². The summed E-state index contributed by atoms with van der Waals surface area (Å²) >= 11 is 1.85. The topological polar surface area (TPSA) is 30.7 Å². The molecule has 1 aliphatic carbocycles. The van der Waals surface area contributed by atoms with Crippen molar-refractivity contribution in [2.24, 2.45) is 0 Å². The first-order valence-corrected chi connectivity index (χ1v) is 19.7. The summed E-state index contributed by atoms with van der Waals surface area (Å²) in [4.78, 5) is 11.2. The van der Waals surface area contributed by atoms with Crippen molar-refractivity contribution in [1.82, 2.24) is 14.5 Å². The van der Waals surface area contributed by atoms with Gasteiger partial charge in [0, 0.05) is 64.8 Å². The molecular weight excluding hydrogens is 687 g/mol. The van der Waals surface area contributed by atoms with E-state index in [-0.39, 0.29) is 0 Å². The highest BCUT2D eigenvalue weighted by Gasteiger charge is 2.28. The second-order valence-electron chi connectivity index (χ2n) is 14.8. The fraction of sp³-hybridized carbons (Fsp3) is 0.0196. The van der Waals surface area contributed by atoms with Gasteiger partial charge in [0.05, 0.1) is 22.4 Å². The maximum atomic E-state index is 5.67. The minimum absolute atomic E-state index is 0.696. The van der Waals surface area contributed by atoms with Crippen LogP contribution >= 0.6 is 11.3 Å². The summed E-state index contributed by atoms with van der Waals surface area (Å²) in [6.45, 7) is 0. The lowest BCUT2D eigenvalue weighted by atomic mass is 9.91. The molecule has 1 aliphatic rings. The van der Waals surface area contributed by atoms with Crippen molar-refractivity contribution in [1.29, 1.82) is 0 Å². The third kappa shape index (κ3) is 3.99. The Balaban J connectivity index is 1.20. The maximum Gasteiger partial charge on any atom is 0.235 e. The van der Waals surface area contributed by atoms with E-state index in [9.17, 15) is 0 Å². The lowest BCUT2D eigenvalue weighted by molar-refractivity contribution is 0.987. The van der Waals surface area contributed by atoms with Crippen LogP contribution < -0.4 is 0 Å². The summed E-state index contributed by atoms with van der Waals surface area (Å²) in [6.07, 6.45) is 0.809. The fourth-order valence-electron chi connectivity index (χ4n) is 9.64. The van der Waals surface area contributed by atoms with Crippen molar-refractivity contribution in [3.8, 4) is 28.5 Å². The van der Waals surface area contributed by atoms with Crippen molar-refractivity contribution < 1.29 is 0 Å². The third-order valence-corrected chi connectivity index (χ3v) is 13.2. The van der Waals surface area contributed by atoms with E-state index in [1.807, 2.05) is 11.3 Å². The quantitative estimate of drug-likeness (QED) is 0.167. The average Bonchev–Trinajstić information content (AvgIpc) is 3.93. The Labute approximate surface area is 319 Å². The predicted octanol–water partition coefficient (Wildman–Crippen LogP) is 13.8. The van der Waals surface area contributed by atoms with E-state index in [1.165, 1.54) is 90.7 Å². The Morgan fingerprint density at radius 1 is 0.455 bits per heavy atom. The molecule has 0 spiro atoms. The first-order chi connectivity index (χ1) is 27.3. The Hall–Kier alpha value is -6.88. The van der Waals surface area contributed by atoms with E-state index in [0.29, 0.717) is 5.95 Å². The van der Waals surface area contributed by atoms with Gasteiger partial charge in [-0.2, -0.15) is 0 Å². The number of thiophene rings is 1. The monoisotopic (exact) mass is 715 g/mol. The Kier molecular flexibility index (Phi) is 5.83. The zero-order chi connectivity index (χ0) is 35.8. The van der Waals surface area contributed by atoms with Gasteiger partial charge in [0.15, 0.2) is 0 Å². The van der Waals surface area contributed by atoms with Crippen LogP contribution in [-0.2, 0) is 6.42 Å². The lowest BCUT2D eigenvalue weighted by Gasteiger charge is -2.15. The molecule has 55 heavy (non-hydrogen) atoms. The van der Waals surface area contributed by atoms with E-state index in [0.717, 1.165) is 34.4 Å². The number of fused-ring (bicyclic) bond motifs is 18. The van der Waals surface area contributed by atoms with E-state index < -0.39 is 0 Å². The van der Waals surface area contributed by atoms with Crippen LogP contribution in [0.4, 0.5) is 0 Å². The van der Waals surface area contributed by atoms with Gasteiger partial charge < -0.3 is 0 Å². The van der Waals surface area contributed by atoms with Crippen LogP contribution in [0.15, 0.2) is 164 Å². The molecule has 254 valence electrons. The van der Waals surface area contributed by atoms with Gasteiger partial charge in [-0.1, -0.05) is 140 Å². The molecule has 0 atom stereocenters. The van der Waals surface area contributed by atoms with Gasteiger partial charge in [-0.3, -0.25) is 4.57 Å². The van der Waals surface area contributed by atoms with Crippen molar-refractivity contribution >= 4 is 96.4 Å². The van der Waals surface area contributed by atoms with Crippen LogP contribution in [0.1, 0.15) is 11.1 Å². The maximum absolute atomic E-state index is 5.67. The molecule has 13 rings (SSSR count). The molecule has 0 saturated heterocycles. The van der Waals surface area contributed by atoms with Crippen molar-refractivity contribution in [3.63, 3.8) is 0 Å². The van der Waals surface area contributed by atoms with Gasteiger partial charge in [0.2, 0.25) is 5.95 Å².